The second kappa shape index (κ2) is 9.65. The van der Waals surface area contributed by atoms with Crippen LogP contribution < -0.4 is 10.6 Å². The maximum atomic E-state index is 13.0. The molecule has 0 aliphatic carbocycles. The van der Waals surface area contributed by atoms with Crippen molar-refractivity contribution in [3.05, 3.63) is 52.8 Å². The summed E-state index contributed by atoms with van der Waals surface area (Å²) in [4.78, 5) is 38.9. The molecule has 0 saturated carbocycles. The summed E-state index contributed by atoms with van der Waals surface area (Å²) in [6.07, 6.45) is 3.00. The summed E-state index contributed by atoms with van der Waals surface area (Å²) < 4.78 is 7.39. The van der Waals surface area contributed by atoms with Crippen molar-refractivity contribution >= 4 is 35.2 Å². The zero-order chi connectivity index (χ0) is 23.5. The summed E-state index contributed by atoms with van der Waals surface area (Å²) in [5.74, 6) is -0.610. The fourth-order valence-corrected chi connectivity index (χ4v) is 3.87. The van der Waals surface area contributed by atoms with Crippen LogP contribution in [0.3, 0.4) is 0 Å². The van der Waals surface area contributed by atoms with Gasteiger partial charge in [0.2, 0.25) is 0 Å². The topological polar surface area (TPSA) is 92.7 Å². The lowest BCUT2D eigenvalue weighted by molar-refractivity contribution is 0.0187. The Bertz CT molecular complexity index is 1000. The minimum Gasteiger partial charge on any atom is -0.444 e. The third-order valence-corrected chi connectivity index (χ3v) is 5.55. The summed E-state index contributed by atoms with van der Waals surface area (Å²) in [5, 5.41) is 5.68. The van der Waals surface area contributed by atoms with Crippen LogP contribution in [0.15, 0.2) is 36.5 Å². The van der Waals surface area contributed by atoms with Gasteiger partial charge in [0.05, 0.1) is 10.6 Å². The Labute approximate surface area is 192 Å². The Morgan fingerprint density at radius 3 is 2.41 bits per heavy atom. The van der Waals surface area contributed by atoms with Gasteiger partial charge >= 0.3 is 6.09 Å². The van der Waals surface area contributed by atoms with Crippen molar-refractivity contribution in [3.63, 3.8) is 0 Å². The third kappa shape index (κ3) is 5.62. The van der Waals surface area contributed by atoms with E-state index in [9.17, 15) is 14.4 Å². The SMILES string of the molecule is CNC(=O)c1cc(NC(=O)c2cccn2C2CCN(C(=O)OC(C)(C)C)CC2)ccc1Cl. The highest BCUT2D eigenvalue weighted by Gasteiger charge is 2.28. The number of aromatic nitrogens is 1. The number of piperidine rings is 1. The average Bonchev–Trinajstić information content (AvgIpc) is 3.23. The largest absolute Gasteiger partial charge is 0.444 e. The molecule has 0 radical (unpaired) electrons. The second-order valence-electron chi connectivity index (χ2n) is 8.73. The number of hydrogen-bond donors (Lipinski definition) is 2. The number of rotatable bonds is 4. The van der Waals surface area contributed by atoms with Crippen LogP contribution in [0.25, 0.3) is 0 Å². The van der Waals surface area contributed by atoms with E-state index in [4.69, 9.17) is 16.3 Å². The van der Waals surface area contributed by atoms with Gasteiger partial charge in [-0.2, -0.15) is 0 Å². The molecule has 0 spiro atoms. The number of carbonyl (C=O) groups is 3. The van der Waals surface area contributed by atoms with Gasteiger partial charge in [0, 0.05) is 38.1 Å². The average molecular weight is 461 g/mol. The Morgan fingerprint density at radius 2 is 1.78 bits per heavy atom. The molecule has 9 heteroatoms. The molecule has 1 aliphatic rings. The van der Waals surface area contributed by atoms with Gasteiger partial charge in [0.1, 0.15) is 11.3 Å². The highest BCUT2D eigenvalue weighted by atomic mass is 35.5. The van der Waals surface area contributed by atoms with Crippen LogP contribution in [0.4, 0.5) is 10.5 Å². The molecule has 2 N–H and O–H groups in total. The van der Waals surface area contributed by atoms with Crippen LogP contribution in [-0.4, -0.2) is 53.1 Å². The van der Waals surface area contributed by atoms with Gasteiger partial charge in [-0.1, -0.05) is 11.6 Å². The van der Waals surface area contributed by atoms with Gasteiger partial charge < -0.3 is 24.8 Å². The Kier molecular flexibility index (Phi) is 7.13. The van der Waals surface area contributed by atoms with Crippen molar-refractivity contribution < 1.29 is 19.1 Å². The van der Waals surface area contributed by atoms with Gasteiger partial charge in [-0.25, -0.2) is 4.79 Å². The van der Waals surface area contributed by atoms with Crippen LogP contribution in [0.5, 0.6) is 0 Å². The van der Waals surface area contributed by atoms with Gasteiger partial charge in [0.25, 0.3) is 11.8 Å². The van der Waals surface area contributed by atoms with E-state index in [1.54, 1.807) is 29.2 Å². The minimum atomic E-state index is -0.529. The Morgan fingerprint density at radius 1 is 1.09 bits per heavy atom. The number of benzene rings is 1. The molecular weight excluding hydrogens is 432 g/mol. The first-order valence-electron chi connectivity index (χ1n) is 10.6. The van der Waals surface area contributed by atoms with Gasteiger partial charge in [-0.05, 0) is 63.9 Å². The monoisotopic (exact) mass is 460 g/mol. The highest BCUT2D eigenvalue weighted by molar-refractivity contribution is 6.34. The van der Waals surface area contributed by atoms with E-state index >= 15 is 0 Å². The first-order chi connectivity index (χ1) is 15.1. The van der Waals surface area contributed by atoms with Crippen molar-refractivity contribution in [1.29, 1.82) is 0 Å². The maximum Gasteiger partial charge on any atom is 0.410 e. The Hall–Kier alpha value is -3.00. The number of halogens is 1. The van der Waals surface area contributed by atoms with Gasteiger partial charge in [0.15, 0.2) is 0 Å². The molecule has 1 aliphatic heterocycles. The van der Waals surface area contributed by atoms with Crippen LogP contribution in [-0.2, 0) is 4.74 Å². The number of carbonyl (C=O) groups excluding carboxylic acids is 3. The summed E-state index contributed by atoms with van der Waals surface area (Å²) >= 11 is 6.09. The lowest BCUT2D eigenvalue weighted by Gasteiger charge is -2.34. The predicted molar refractivity (Wildman–Crippen MR) is 123 cm³/mol. The van der Waals surface area contributed by atoms with E-state index in [2.05, 4.69) is 10.6 Å². The van der Waals surface area contributed by atoms with Crippen molar-refractivity contribution in [2.45, 2.75) is 45.3 Å². The number of hydrogen-bond acceptors (Lipinski definition) is 4. The molecule has 1 saturated heterocycles. The molecule has 2 heterocycles. The van der Waals surface area contributed by atoms with Crippen LogP contribution in [0, 0.1) is 0 Å². The molecule has 0 atom stereocenters. The molecule has 1 aromatic heterocycles. The minimum absolute atomic E-state index is 0.0936. The summed E-state index contributed by atoms with van der Waals surface area (Å²) in [7, 11) is 1.52. The van der Waals surface area contributed by atoms with E-state index in [1.807, 2.05) is 37.6 Å². The standard InChI is InChI=1S/C23H29ClN4O4/c1-23(2,3)32-22(31)27-12-9-16(10-13-27)28-11-5-6-19(28)21(30)26-15-7-8-18(24)17(14-15)20(29)25-4/h5-8,11,14,16H,9-10,12-13H2,1-4H3,(H,25,29)(H,26,30). The second-order valence-corrected chi connectivity index (χ2v) is 9.13. The molecule has 172 valence electrons. The molecule has 8 nitrogen and oxygen atoms in total. The number of nitrogens with one attached hydrogen (secondary N) is 2. The molecule has 3 amide bonds. The van der Waals surface area contributed by atoms with E-state index < -0.39 is 5.60 Å². The summed E-state index contributed by atoms with van der Waals surface area (Å²) in [5.41, 5.74) is 0.749. The highest BCUT2D eigenvalue weighted by Crippen LogP contribution is 2.27. The van der Waals surface area contributed by atoms with E-state index in [1.165, 1.54) is 7.05 Å². The number of anilines is 1. The molecule has 1 fully saturated rings. The van der Waals surface area contributed by atoms with Crippen molar-refractivity contribution in [3.8, 4) is 0 Å². The zero-order valence-electron chi connectivity index (χ0n) is 18.8. The normalized spacial score (nSPS) is 14.7. The van der Waals surface area contributed by atoms with E-state index in [0.29, 0.717) is 29.5 Å². The summed E-state index contributed by atoms with van der Waals surface area (Å²) in [6.45, 7) is 6.67. The number of nitrogens with zero attached hydrogens (tertiary/aromatic N) is 2. The van der Waals surface area contributed by atoms with E-state index in [-0.39, 0.29) is 29.5 Å². The van der Waals surface area contributed by atoms with Crippen molar-refractivity contribution in [2.75, 3.05) is 25.5 Å². The lowest BCUT2D eigenvalue weighted by atomic mass is 10.0. The molecular formula is C23H29ClN4O4. The maximum absolute atomic E-state index is 13.0. The summed E-state index contributed by atoms with van der Waals surface area (Å²) in [6, 6.07) is 8.45. The number of amides is 3. The predicted octanol–water partition coefficient (Wildman–Crippen LogP) is 4.33. The van der Waals surface area contributed by atoms with E-state index in [0.717, 1.165) is 12.8 Å². The zero-order valence-corrected chi connectivity index (χ0v) is 19.5. The van der Waals surface area contributed by atoms with Crippen molar-refractivity contribution in [1.82, 2.24) is 14.8 Å². The third-order valence-electron chi connectivity index (χ3n) is 5.22. The number of likely N-dealkylation sites (tertiary alicyclic amines) is 1. The molecule has 32 heavy (non-hydrogen) atoms. The number of ether oxygens (including phenoxy) is 1. The smallest absolute Gasteiger partial charge is 0.410 e. The molecule has 1 aromatic carbocycles. The quantitative estimate of drug-likeness (QED) is 0.710. The first kappa shape index (κ1) is 23.7. The van der Waals surface area contributed by atoms with Crippen LogP contribution in [0.1, 0.15) is 60.5 Å². The molecule has 0 unspecified atom stereocenters. The van der Waals surface area contributed by atoms with Crippen LogP contribution in [0.2, 0.25) is 5.02 Å². The van der Waals surface area contributed by atoms with Gasteiger partial charge in [-0.3, -0.25) is 9.59 Å². The molecule has 0 bridgehead atoms. The van der Waals surface area contributed by atoms with Crippen LogP contribution >= 0.6 is 11.6 Å². The molecule has 3 rings (SSSR count). The lowest BCUT2D eigenvalue weighted by Crippen LogP contribution is -2.42. The molecule has 2 aromatic rings. The first-order valence-corrected chi connectivity index (χ1v) is 10.9. The van der Waals surface area contributed by atoms with Crippen molar-refractivity contribution in [2.24, 2.45) is 0 Å². The fourth-order valence-electron chi connectivity index (χ4n) is 3.66. The fraction of sp³-hybridized carbons (Fsp3) is 0.435. The van der Waals surface area contributed by atoms with Gasteiger partial charge in [-0.15, -0.1) is 0 Å². The Balaban J connectivity index is 1.67.